The lowest BCUT2D eigenvalue weighted by molar-refractivity contribution is -0.354. The molecule has 0 unspecified atom stereocenters. The maximum atomic E-state index is 12.5. The number of pyridine rings is 1. The summed E-state index contributed by atoms with van der Waals surface area (Å²) in [7, 11) is 0. The molecule has 3 N–H and O–H groups in total. The number of urea groups is 1. The minimum atomic E-state index is -0.423. The van der Waals surface area contributed by atoms with Crippen LogP contribution in [0.5, 0.6) is 0 Å². The van der Waals surface area contributed by atoms with Crippen molar-refractivity contribution in [3.05, 3.63) is 60.3 Å². The summed E-state index contributed by atoms with van der Waals surface area (Å²) in [5, 5.41) is 16.4. The van der Waals surface area contributed by atoms with Gasteiger partial charge in [0.2, 0.25) is 5.52 Å². The molecule has 0 aliphatic carbocycles. The molecule has 0 radical (unpaired) electrons. The highest BCUT2D eigenvalue weighted by Crippen LogP contribution is 2.34. The Kier molecular flexibility index (Phi) is 2.92. The maximum absolute atomic E-state index is 12.5. The number of para-hydroxylation sites is 3. The van der Waals surface area contributed by atoms with Gasteiger partial charge in [-0.2, -0.15) is 10.2 Å². The van der Waals surface area contributed by atoms with Crippen LogP contribution in [0.25, 0.3) is 10.9 Å². The highest BCUT2D eigenvalue weighted by atomic mass is 16.6. The number of benzene rings is 2. The molecule has 114 valence electrons. The van der Waals surface area contributed by atoms with Gasteiger partial charge in [0.25, 0.3) is 0 Å². The third-order valence-corrected chi connectivity index (χ3v) is 3.88. The van der Waals surface area contributed by atoms with Gasteiger partial charge in [0.15, 0.2) is 5.69 Å². The minimum absolute atomic E-state index is 0.423. The van der Waals surface area contributed by atoms with Crippen molar-refractivity contribution in [1.82, 2.24) is 0 Å². The van der Waals surface area contributed by atoms with Crippen molar-refractivity contribution in [2.24, 2.45) is 0 Å². The molecule has 0 bridgehead atoms. The number of hydrogen-bond donors (Lipinski definition) is 2. The van der Waals surface area contributed by atoms with E-state index in [0.717, 1.165) is 21.8 Å². The van der Waals surface area contributed by atoms with Crippen LogP contribution in [0.2, 0.25) is 0 Å². The Morgan fingerprint density at radius 2 is 1.78 bits per heavy atom. The summed E-state index contributed by atoms with van der Waals surface area (Å²) < 4.78 is 0. The molecule has 0 spiro atoms. The van der Waals surface area contributed by atoms with Crippen LogP contribution in [-0.4, -0.2) is 11.2 Å². The number of fused-ring (bicyclic) bond motifs is 2. The van der Waals surface area contributed by atoms with Gasteiger partial charge in [-0.1, -0.05) is 18.2 Å². The number of hydrazine groups is 1. The Morgan fingerprint density at radius 3 is 2.65 bits per heavy atom. The van der Waals surface area contributed by atoms with Gasteiger partial charge in [-0.15, -0.1) is 0 Å². The number of aryl methyl sites for hydroxylation is 1. The standard InChI is InChI=1S/C17H14N4O2/c1-11-9-10-12-5-4-8-15(16(12)18-11)20-17(22)19-13-6-2-3-7-14(13)21(20)23/h2-10,23H,1H3,(H,19,22)/p+1. The molecule has 0 saturated carbocycles. The molecule has 1 aliphatic heterocycles. The summed E-state index contributed by atoms with van der Waals surface area (Å²) in [6.07, 6.45) is 0. The molecule has 6 nitrogen and oxygen atoms in total. The van der Waals surface area contributed by atoms with E-state index >= 15 is 0 Å². The number of amides is 2. The number of nitrogens with zero attached hydrogens (tertiary/aromatic N) is 2. The Morgan fingerprint density at radius 1 is 1.00 bits per heavy atom. The number of carbonyl (C=O) groups is 1. The van der Waals surface area contributed by atoms with Gasteiger partial charge in [-0.05, 0) is 30.3 Å². The molecule has 0 fully saturated rings. The van der Waals surface area contributed by atoms with Gasteiger partial charge in [-0.3, -0.25) is 5.21 Å². The van der Waals surface area contributed by atoms with Crippen molar-refractivity contribution in [1.29, 1.82) is 0 Å². The van der Waals surface area contributed by atoms with Gasteiger partial charge >= 0.3 is 6.03 Å². The van der Waals surface area contributed by atoms with Crippen molar-refractivity contribution < 1.29 is 15.0 Å². The van der Waals surface area contributed by atoms with E-state index in [1.807, 2.05) is 31.2 Å². The van der Waals surface area contributed by atoms with Crippen LogP contribution in [0, 0.1) is 6.92 Å². The predicted molar refractivity (Wildman–Crippen MR) is 87.4 cm³/mol. The lowest BCUT2D eigenvalue weighted by Crippen LogP contribution is -2.51. The molecule has 1 aromatic heterocycles. The van der Waals surface area contributed by atoms with Crippen molar-refractivity contribution in [2.75, 3.05) is 15.5 Å². The maximum Gasteiger partial charge on any atom is 0.347 e. The van der Waals surface area contributed by atoms with E-state index in [1.54, 1.807) is 30.3 Å². The molecule has 4 rings (SSSR count). The van der Waals surface area contributed by atoms with Crippen molar-refractivity contribution in [2.45, 2.75) is 6.92 Å². The SMILES string of the molecule is Cc1ccc2cccc(N3C(=O)Nc4ccccc4N3O)c2[nH+]1. The Balaban J connectivity index is 1.91. The van der Waals surface area contributed by atoms with Crippen molar-refractivity contribution in [3.8, 4) is 0 Å². The summed E-state index contributed by atoms with van der Waals surface area (Å²) in [5.74, 6) is 0. The number of nitrogens with one attached hydrogen (secondary N) is 2. The molecule has 6 heteroatoms. The zero-order valence-corrected chi connectivity index (χ0v) is 12.4. The fourth-order valence-corrected chi connectivity index (χ4v) is 2.79. The van der Waals surface area contributed by atoms with Crippen LogP contribution in [0.1, 0.15) is 5.69 Å². The third kappa shape index (κ3) is 2.08. The smallest absolute Gasteiger partial charge is 0.304 e. The quantitative estimate of drug-likeness (QED) is 0.725. The van der Waals surface area contributed by atoms with E-state index < -0.39 is 6.03 Å². The average molecular weight is 307 g/mol. The Bertz CT molecular complexity index is 925. The molecular weight excluding hydrogens is 292 g/mol. The molecule has 2 aromatic carbocycles. The van der Waals surface area contributed by atoms with Gasteiger partial charge in [0.05, 0.1) is 5.69 Å². The molecule has 0 atom stereocenters. The van der Waals surface area contributed by atoms with Gasteiger partial charge in [-0.25, -0.2) is 9.78 Å². The lowest BCUT2D eigenvalue weighted by atomic mass is 10.1. The van der Waals surface area contributed by atoms with E-state index in [2.05, 4.69) is 10.3 Å². The number of anilines is 3. The summed E-state index contributed by atoms with van der Waals surface area (Å²) in [5.41, 5.74) is 3.39. The van der Waals surface area contributed by atoms with E-state index in [0.29, 0.717) is 17.1 Å². The molecule has 2 amide bonds. The molecule has 2 heterocycles. The minimum Gasteiger partial charge on any atom is -0.304 e. The number of rotatable bonds is 1. The zero-order chi connectivity index (χ0) is 16.0. The summed E-state index contributed by atoms with van der Waals surface area (Å²) >= 11 is 0. The van der Waals surface area contributed by atoms with E-state index in [4.69, 9.17) is 0 Å². The van der Waals surface area contributed by atoms with E-state index in [9.17, 15) is 10.0 Å². The highest BCUT2D eigenvalue weighted by molar-refractivity contribution is 6.11. The number of aromatic nitrogens is 1. The number of H-pyrrole nitrogens is 1. The highest BCUT2D eigenvalue weighted by Gasteiger charge is 2.32. The monoisotopic (exact) mass is 307 g/mol. The first-order chi connectivity index (χ1) is 11.1. The van der Waals surface area contributed by atoms with Crippen molar-refractivity contribution in [3.63, 3.8) is 0 Å². The molecule has 3 aromatic rings. The Labute approximate surface area is 132 Å². The van der Waals surface area contributed by atoms with Crippen LogP contribution < -0.4 is 20.5 Å². The largest absolute Gasteiger partial charge is 0.347 e. The second kappa shape index (κ2) is 4.96. The van der Waals surface area contributed by atoms with Crippen molar-refractivity contribution >= 4 is 34.0 Å². The predicted octanol–water partition coefficient (Wildman–Crippen LogP) is 3.13. The van der Waals surface area contributed by atoms with Gasteiger partial charge < -0.3 is 5.32 Å². The summed E-state index contributed by atoms with van der Waals surface area (Å²) in [6.45, 7) is 1.94. The first kappa shape index (κ1) is 13.5. The molecule has 1 aliphatic rings. The fourth-order valence-electron chi connectivity index (χ4n) is 2.79. The normalized spacial score (nSPS) is 13.9. The number of hydrogen-bond acceptors (Lipinski definition) is 3. The molecular formula is C17H15N4O2+. The topological polar surface area (TPSA) is 70.0 Å². The summed E-state index contributed by atoms with van der Waals surface area (Å²) in [4.78, 5) is 15.8. The van der Waals surface area contributed by atoms with E-state index in [-0.39, 0.29) is 0 Å². The van der Waals surface area contributed by atoms with Crippen LogP contribution in [0.4, 0.5) is 21.9 Å². The van der Waals surface area contributed by atoms with Gasteiger partial charge in [0, 0.05) is 18.4 Å². The lowest BCUT2D eigenvalue weighted by Gasteiger charge is -2.35. The molecule has 0 saturated heterocycles. The van der Waals surface area contributed by atoms with E-state index in [1.165, 1.54) is 5.01 Å². The third-order valence-electron chi connectivity index (χ3n) is 3.88. The van der Waals surface area contributed by atoms with Crippen LogP contribution in [0.3, 0.4) is 0 Å². The number of aromatic amines is 1. The van der Waals surface area contributed by atoms with Gasteiger partial charge in [0.1, 0.15) is 11.4 Å². The second-order valence-electron chi connectivity index (χ2n) is 5.43. The Hall–Kier alpha value is -3.12. The van der Waals surface area contributed by atoms with Crippen LogP contribution in [0.15, 0.2) is 54.6 Å². The number of carbonyl (C=O) groups excluding carboxylic acids is 1. The van der Waals surface area contributed by atoms with Crippen LogP contribution in [-0.2, 0) is 0 Å². The first-order valence-corrected chi connectivity index (χ1v) is 7.26. The summed E-state index contributed by atoms with van der Waals surface area (Å²) in [6, 6.07) is 16.2. The van der Waals surface area contributed by atoms with Crippen LogP contribution >= 0.6 is 0 Å². The fraction of sp³-hybridized carbons (Fsp3) is 0.0588. The zero-order valence-electron chi connectivity index (χ0n) is 12.4. The first-order valence-electron chi connectivity index (χ1n) is 7.26. The average Bonchev–Trinajstić information content (AvgIpc) is 2.55. The molecule has 23 heavy (non-hydrogen) atoms. The second-order valence-corrected chi connectivity index (χ2v) is 5.43.